The number of halogens is 1. The molecule has 2 aromatic rings. The van der Waals surface area contributed by atoms with Crippen molar-refractivity contribution in [2.24, 2.45) is 4.99 Å². The van der Waals surface area contributed by atoms with Gasteiger partial charge in [0.2, 0.25) is 0 Å². The summed E-state index contributed by atoms with van der Waals surface area (Å²) in [4.78, 5) is 6.95. The fraction of sp³-hybridized carbons (Fsp3) is 0.350. The summed E-state index contributed by atoms with van der Waals surface area (Å²) < 4.78 is 13.9. The van der Waals surface area contributed by atoms with E-state index < -0.39 is 0 Å². The highest BCUT2D eigenvalue weighted by atomic mass is 32.2. The monoisotopic (exact) mass is 342 g/mol. The Morgan fingerprint density at radius 1 is 1.08 bits per heavy atom. The third kappa shape index (κ3) is 4.18. The molecule has 0 N–H and O–H groups in total. The summed E-state index contributed by atoms with van der Waals surface area (Å²) in [5.41, 5.74) is 5.19. The molecule has 0 aliphatic carbocycles. The fourth-order valence-electron chi connectivity index (χ4n) is 2.87. The molecule has 1 aliphatic heterocycles. The first-order valence-electron chi connectivity index (χ1n) is 8.33. The molecule has 0 amide bonds. The Morgan fingerprint density at radius 2 is 1.83 bits per heavy atom. The first kappa shape index (κ1) is 17.0. The summed E-state index contributed by atoms with van der Waals surface area (Å²) in [7, 11) is 0. The Bertz CT molecular complexity index is 736. The predicted molar refractivity (Wildman–Crippen MR) is 102 cm³/mol. The van der Waals surface area contributed by atoms with Gasteiger partial charge in [-0.3, -0.25) is 0 Å². The van der Waals surface area contributed by atoms with Gasteiger partial charge in [-0.05, 0) is 48.2 Å². The molecule has 1 fully saturated rings. The van der Waals surface area contributed by atoms with E-state index in [1.165, 1.54) is 17.6 Å². The van der Waals surface area contributed by atoms with Crippen LogP contribution in [0.4, 0.5) is 10.1 Å². The Labute approximate surface area is 147 Å². The van der Waals surface area contributed by atoms with Crippen LogP contribution in [0, 0.1) is 19.7 Å². The van der Waals surface area contributed by atoms with Crippen molar-refractivity contribution in [3.8, 4) is 0 Å². The van der Waals surface area contributed by atoms with Gasteiger partial charge in [-0.1, -0.05) is 24.3 Å². The molecule has 0 atom stereocenters. The van der Waals surface area contributed by atoms with E-state index in [-0.39, 0.29) is 5.82 Å². The minimum atomic E-state index is -0.139. The van der Waals surface area contributed by atoms with Gasteiger partial charge < -0.3 is 4.90 Å². The molecule has 0 radical (unpaired) electrons. The number of benzene rings is 2. The van der Waals surface area contributed by atoms with E-state index >= 15 is 0 Å². The summed E-state index contributed by atoms with van der Waals surface area (Å²) >= 11 is 2.00. The minimum Gasteiger partial charge on any atom is -0.361 e. The zero-order valence-corrected chi connectivity index (χ0v) is 15.1. The van der Waals surface area contributed by atoms with Crippen LogP contribution in [0.15, 0.2) is 41.4 Å². The second kappa shape index (κ2) is 7.84. The standard InChI is InChI=1S/C20H23FN2S/c1-15-12-20(22-14-23-7-9-24-10-8-23)16(2)11-18(15)13-17-5-3-4-6-19(17)21/h3-6,11-12,14H,7-10,13H2,1-2H3. The van der Waals surface area contributed by atoms with E-state index in [9.17, 15) is 4.39 Å². The quantitative estimate of drug-likeness (QED) is 0.589. The van der Waals surface area contributed by atoms with Crippen LogP contribution >= 0.6 is 11.8 Å². The van der Waals surface area contributed by atoms with Crippen LogP contribution in [0.3, 0.4) is 0 Å². The van der Waals surface area contributed by atoms with Gasteiger partial charge in [-0.2, -0.15) is 11.8 Å². The lowest BCUT2D eigenvalue weighted by molar-refractivity contribution is 0.477. The van der Waals surface area contributed by atoms with Crippen LogP contribution in [0.2, 0.25) is 0 Å². The number of aliphatic imine (C=N–C) groups is 1. The van der Waals surface area contributed by atoms with Gasteiger partial charge in [0.05, 0.1) is 12.0 Å². The van der Waals surface area contributed by atoms with Crippen molar-refractivity contribution in [3.63, 3.8) is 0 Å². The molecule has 2 aromatic carbocycles. The molecule has 0 saturated carbocycles. The van der Waals surface area contributed by atoms with Crippen molar-refractivity contribution in [2.45, 2.75) is 20.3 Å². The van der Waals surface area contributed by atoms with E-state index in [2.05, 4.69) is 35.9 Å². The van der Waals surface area contributed by atoms with Gasteiger partial charge in [0.1, 0.15) is 5.82 Å². The van der Waals surface area contributed by atoms with Gasteiger partial charge in [0.25, 0.3) is 0 Å². The lowest BCUT2D eigenvalue weighted by Gasteiger charge is -2.23. The van der Waals surface area contributed by atoms with Gasteiger partial charge in [-0.25, -0.2) is 9.38 Å². The number of nitrogens with zero attached hydrogens (tertiary/aromatic N) is 2. The number of thioether (sulfide) groups is 1. The van der Waals surface area contributed by atoms with Crippen molar-refractivity contribution in [1.29, 1.82) is 0 Å². The van der Waals surface area contributed by atoms with Crippen molar-refractivity contribution in [2.75, 3.05) is 24.6 Å². The smallest absolute Gasteiger partial charge is 0.126 e. The van der Waals surface area contributed by atoms with E-state index in [1.807, 2.05) is 30.2 Å². The van der Waals surface area contributed by atoms with Gasteiger partial charge in [-0.15, -0.1) is 0 Å². The number of rotatable bonds is 4. The van der Waals surface area contributed by atoms with Crippen molar-refractivity contribution in [1.82, 2.24) is 4.90 Å². The van der Waals surface area contributed by atoms with Crippen molar-refractivity contribution >= 4 is 23.8 Å². The molecule has 126 valence electrons. The third-order valence-corrected chi connectivity index (χ3v) is 5.34. The number of hydrogen-bond donors (Lipinski definition) is 0. The zero-order valence-electron chi connectivity index (χ0n) is 14.3. The topological polar surface area (TPSA) is 15.6 Å². The van der Waals surface area contributed by atoms with Crippen LogP contribution in [-0.4, -0.2) is 35.8 Å². The maximum atomic E-state index is 13.9. The highest BCUT2D eigenvalue weighted by Crippen LogP contribution is 2.25. The third-order valence-electron chi connectivity index (χ3n) is 4.40. The summed E-state index contributed by atoms with van der Waals surface area (Å²) in [6.07, 6.45) is 2.59. The molecule has 0 unspecified atom stereocenters. The van der Waals surface area contributed by atoms with Crippen LogP contribution in [-0.2, 0) is 6.42 Å². The average molecular weight is 342 g/mol. The van der Waals surface area contributed by atoms with Gasteiger partial charge >= 0.3 is 0 Å². The van der Waals surface area contributed by atoms with Crippen LogP contribution in [0.5, 0.6) is 0 Å². The average Bonchev–Trinajstić information content (AvgIpc) is 2.59. The SMILES string of the molecule is Cc1cc(N=CN2CCSCC2)c(C)cc1Cc1ccccc1F. The molecular formula is C20H23FN2S. The molecule has 3 rings (SSSR count). The molecule has 4 heteroatoms. The first-order valence-corrected chi connectivity index (χ1v) is 9.48. The predicted octanol–water partition coefficient (Wildman–Crippen LogP) is 4.74. The second-order valence-electron chi connectivity index (χ2n) is 6.23. The Kier molecular flexibility index (Phi) is 5.56. The Hall–Kier alpha value is -1.81. The van der Waals surface area contributed by atoms with E-state index in [1.54, 1.807) is 6.07 Å². The summed E-state index contributed by atoms with van der Waals surface area (Å²) in [5, 5.41) is 0. The normalized spacial score (nSPS) is 15.2. The summed E-state index contributed by atoms with van der Waals surface area (Å²) in [6, 6.07) is 11.2. The number of aryl methyl sites for hydroxylation is 2. The Balaban J connectivity index is 1.78. The minimum absolute atomic E-state index is 0.139. The lowest BCUT2D eigenvalue weighted by Crippen LogP contribution is -2.31. The van der Waals surface area contributed by atoms with Crippen molar-refractivity contribution < 1.29 is 4.39 Å². The van der Waals surface area contributed by atoms with Crippen molar-refractivity contribution in [3.05, 3.63) is 64.5 Å². The van der Waals surface area contributed by atoms with Gasteiger partial charge in [0, 0.05) is 31.0 Å². The molecule has 0 aromatic heterocycles. The molecular weight excluding hydrogens is 319 g/mol. The van der Waals surface area contributed by atoms with E-state index in [4.69, 9.17) is 0 Å². The molecule has 24 heavy (non-hydrogen) atoms. The van der Waals surface area contributed by atoms with Gasteiger partial charge in [0.15, 0.2) is 0 Å². The van der Waals surface area contributed by atoms with Crippen LogP contribution < -0.4 is 0 Å². The fourth-order valence-corrected chi connectivity index (χ4v) is 3.81. The molecule has 0 spiro atoms. The second-order valence-corrected chi connectivity index (χ2v) is 7.45. The first-order chi connectivity index (χ1) is 11.6. The largest absolute Gasteiger partial charge is 0.361 e. The lowest BCUT2D eigenvalue weighted by atomic mass is 9.97. The maximum Gasteiger partial charge on any atom is 0.126 e. The van der Waals surface area contributed by atoms with Crippen LogP contribution in [0.25, 0.3) is 0 Å². The highest BCUT2D eigenvalue weighted by Gasteiger charge is 2.09. The van der Waals surface area contributed by atoms with Crippen LogP contribution in [0.1, 0.15) is 22.3 Å². The van der Waals surface area contributed by atoms with E-state index in [0.29, 0.717) is 6.42 Å². The summed E-state index contributed by atoms with van der Waals surface area (Å²) in [6.45, 7) is 6.28. The summed E-state index contributed by atoms with van der Waals surface area (Å²) in [5.74, 6) is 2.21. The molecule has 0 bridgehead atoms. The highest BCUT2D eigenvalue weighted by molar-refractivity contribution is 7.99. The maximum absolute atomic E-state index is 13.9. The van der Waals surface area contributed by atoms with E-state index in [0.717, 1.165) is 41.0 Å². The molecule has 1 heterocycles. The molecule has 1 saturated heterocycles. The molecule has 2 nitrogen and oxygen atoms in total. The molecule has 1 aliphatic rings. The zero-order chi connectivity index (χ0) is 16.9. The Morgan fingerprint density at radius 3 is 2.58 bits per heavy atom. The number of hydrogen-bond acceptors (Lipinski definition) is 2.